The summed E-state index contributed by atoms with van der Waals surface area (Å²) in [5.41, 5.74) is 3.56. The minimum Gasteiger partial charge on any atom is -0.351 e. The molecule has 1 saturated carbocycles. The minimum absolute atomic E-state index is 0.0618. The Bertz CT molecular complexity index is 1210. The van der Waals surface area contributed by atoms with Crippen LogP contribution in [-0.4, -0.2) is 28.0 Å². The average Bonchev–Trinajstić information content (AvgIpc) is 3.35. The first-order chi connectivity index (χ1) is 15.3. The second-order valence-corrected chi connectivity index (χ2v) is 10.8. The zero-order valence-electron chi connectivity index (χ0n) is 19.3. The number of anilines is 1. The second kappa shape index (κ2) is 7.77. The standard InChI is InChI=1S/C26H31N3O2S/c1-16-9-10-18(3)21(13-16)29-24(30)22-14-23-20(11-12-32-23)28(22)15-26(29,4)25(31)27-19-8-6-5-7-17(19)2/h9-14,17,19H,5-8,15H2,1-4H3,(H,27,31)/t17-,19+,26+/m0/s1. The molecule has 3 atom stereocenters. The maximum Gasteiger partial charge on any atom is 0.275 e. The number of amides is 2. The summed E-state index contributed by atoms with van der Waals surface area (Å²) in [6.07, 6.45) is 4.51. The van der Waals surface area contributed by atoms with Gasteiger partial charge in [0, 0.05) is 11.7 Å². The van der Waals surface area contributed by atoms with Gasteiger partial charge in [0.15, 0.2) is 0 Å². The number of hydrogen-bond acceptors (Lipinski definition) is 3. The molecule has 3 aromatic rings. The summed E-state index contributed by atoms with van der Waals surface area (Å²) in [4.78, 5) is 29.7. The largest absolute Gasteiger partial charge is 0.351 e. The zero-order valence-corrected chi connectivity index (χ0v) is 20.1. The number of thiophene rings is 1. The lowest BCUT2D eigenvalue weighted by atomic mass is 9.84. The van der Waals surface area contributed by atoms with Gasteiger partial charge in [-0.25, -0.2) is 0 Å². The van der Waals surface area contributed by atoms with Crippen LogP contribution in [0.5, 0.6) is 0 Å². The quantitative estimate of drug-likeness (QED) is 0.579. The van der Waals surface area contributed by atoms with Crippen LogP contribution in [0.1, 0.15) is 61.1 Å². The summed E-state index contributed by atoms with van der Waals surface area (Å²) in [5, 5.41) is 5.40. The Morgan fingerprint density at radius 3 is 2.72 bits per heavy atom. The molecule has 0 unspecified atom stereocenters. The molecule has 0 bridgehead atoms. The van der Waals surface area contributed by atoms with E-state index in [2.05, 4.69) is 12.2 Å². The van der Waals surface area contributed by atoms with Gasteiger partial charge in [-0.05, 0) is 74.2 Å². The zero-order chi connectivity index (χ0) is 22.6. The van der Waals surface area contributed by atoms with Crippen molar-refractivity contribution in [3.8, 4) is 0 Å². The monoisotopic (exact) mass is 449 g/mol. The summed E-state index contributed by atoms with van der Waals surface area (Å²) < 4.78 is 3.12. The predicted molar refractivity (Wildman–Crippen MR) is 131 cm³/mol. The molecule has 32 heavy (non-hydrogen) atoms. The first kappa shape index (κ1) is 21.3. The van der Waals surface area contributed by atoms with Crippen LogP contribution < -0.4 is 10.2 Å². The molecule has 6 heteroatoms. The molecule has 1 aromatic carbocycles. The van der Waals surface area contributed by atoms with Gasteiger partial charge in [0.2, 0.25) is 5.91 Å². The number of hydrogen-bond donors (Lipinski definition) is 1. The molecule has 0 radical (unpaired) electrons. The number of nitrogens with one attached hydrogen (secondary N) is 1. The Morgan fingerprint density at radius 2 is 1.94 bits per heavy atom. The van der Waals surface area contributed by atoms with Crippen LogP contribution in [0.4, 0.5) is 5.69 Å². The molecule has 2 aliphatic rings. The highest BCUT2D eigenvalue weighted by molar-refractivity contribution is 7.17. The third kappa shape index (κ3) is 3.27. The Kier molecular flexibility index (Phi) is 5.16. The van der Waals surface area contributed by atoms with Crippen molar-refractivity contribution in [3.63, 3.8) is 0 Å². The van der Waals surface area contributed by atoms with E-state index in [0.29, 0.717) is 18.2 Å². The second-order valence-electron chi connectivity index (χ2n) is 9.83. The molecule has 1 aliphatic heterocycles. The number of nitrogens with zero attached hydrogens (tertiary/aromatic N) is 2. The Morgan fingerprint density at radius 1 is 1.16 bits per heavy atom. The normalized spacial score (nSPS) is 25.8. The van der Waals surface area contributed by atoms with Crippen molar-refractivity contribution in [1.29, 1.82) is 0 Å². The van der Waals surface area contributed by atoms with Crippen LogP contribution >= 0.6 is 11.3 Å². The minimum atomic E-state index is -1.02. The molecule has 2 amide bonds. The van der Waals surface area contributed by atoms with E-state index in [0.717, 1.165) is 46.3 Å². The van der Waals surface area contributed by atoms with Gasteiger partial charge < -0.3 is 9.88 Å². The van der Waals surface area contributed by atoms with Crippen molar-refractivity contribution in [2.45, 2.75) is 71.5 Å². The Hall–Kier alpha value is -2.60. The van der Waals surface area contributed by atoms with Crippen LogP contribution in [-0.2, 0) is 11.3 Å². The summed E-state index contributed by atoms with van der Waals surface area (Å²) >= 11 is 1.63. The fourth-order valence-electron chi connectivity index (χ4n) is 5.41. The highest BCUT2D eigenvalue weighted by atomic mass is 32.1. The smallest absolute Gasteiger partial charge is 0.275 e. The van der Waals surface area contributed by atoms with E-state index in [1.807, 2.05) is 61.1 Å². The molecular formula is C26H31N3O2S. The number of benzene rings is 1. The van der Waals surface area contributed by atoms with Gasteiger partial charge in [0.05, 0.1) is 16.8 Å². The van der Waals surface area contributed by atoms with E-state index in [9.17, 15) is 9.59 Å². The van der Waals surface area contributed by atoms with Crippen molar-refractivity contribution in [3.05, 3.63) is 52.5 Å². The maximum atomic E-state index is 14.0. The lowest BCUT2D eigenvalue weighted by Crippen LogP contribution is -2.66. The molecule has 2 aromatic heterocycles. The molecule has 1 aliphatic carbocycles. The predicted octanol–water partition coefficient (Wildman–Crippen LogP) is 5.43. The number of rotatable bonds is 3. The summed E-state index contributed by atoms with van der Waals surface area (Å²) in [5.74, 6) is 0.284. The Balaban J connectivity index is 1.62. The lowest BCUT2D eigenvalue weighted by Gasteiger charge is -2.45. The SMILES string of the molecule is Cc1ccc(C)c(N2C(=O)c3cc4sccc4n3C[C@]2(C)C(=O)N[C@@H]2CCCC[C@@H]2C)c1. The maximum absolute atomic E-state index is 14.0. The highest BCUT2D eigenvalue weighted by Gasteiger charge is 2.49. The molecule has 168 valence electrons. The van der Waals surface area contributed by atoms with Crippen molar-refractivity contribution in [1.82, 2.24) is 9.88 Å². The fraction of sp³-hybridized carbons (Fsp3) is 0.462. The van der Waals surface area contributed by atoms with Crippen LogP contribution in [0.15, 0.2) is 35.7 Å². The number of fused-ring (bicyclic) bond motifs is 3. The molecule has 1 N–H and O–H groups in total. The highest BCUT2D eigenvalue weighted by Crippen LogP contribution is 2.39. The van der Waals surface area contributed by atoms with Crippen molar-refractivity contribution in [2.75, 3.05) is 4.90 Å². The summed E-state index contributed by atoms with van der Waals surface area (Å²) in [6, 6.07) is 10.3. The van der Waals surface area contributed by atoms with E-state index in [1.54, 1.807) is 16.2 Å². The van der Waals surface area contributed by atoms with Gasteiger partial charge in [0.25, 0.3) is 5.91 Å². The van der Waals surface area contributed by atoms with E-state index in [4.69, 9.17) is 0 Å². The van der Waals surface area contributed by atoms with Crippen LogP contribution in [0.3, 0.4) is 0 Å². The number of carbonyl (C=O) groups excluding carboxylic acids is 2. The molecular weight excluding hydrogens is 418 g/mol. The Labute approximate surface area is 193 Å². The van der Waals surface area contributed by atoms with Gasteiger partial charge in [-0.15, -0.1) is 11.3 Å². The van der Waals surface area contributed by atoms with Crippen LogP contribution in [0.25, 0.3) is 10.2 Å². The number of aromatic nitrogens is 1. The van der Waals surface area contributed by atoms with Gasteiger partial charge in [0.1, 0.15) is 11.2 Å². The van der Waals surface area contributed by atoms with Gasteiger partial charge in [-0.1, -0.05) is 31.9 Å². The summed E-state index contributed by atoms with van der Waals surface area (Å²) in [6.45, 7) is 8.62. The van der Waals surface area contributed by atoms with E-state index in [1.165, 1.54) is 6.42 Å². The third-order valence-corrected chi connectivity index (χ3v) is 8.28. The first-order valence-corrected chi connectivity index (χ1v) is 12.5. The van der Waals surface area contributed by atoms with Gasteiger partial charge in [-0.2, -0.15) is 0 Å². The molecule has 0 saturated heterocycles. The van der Waals surface area contributed by atoms with Crippen molar-refractivity contribution < 1.29 is 9.59 Å². The van der Waals surface area contributed by atoms with Gasteiger partial charge >= 0.3 is 0 Å². The van der Waals surface area contributed by atoms with Crippen molar-refractivity contribution in [2.24, 2.45) is 5.92 Å². The molecule has 1 fully saturated rings. The summed E-state index contributed by atoms with van der Waals surface area (Å²) in [7, 11) is 0. The average molecular weight is 450 g/mol. The van der Waals surface area contributed by atoms with E-state index < -0.39 is 5.54 Å². The molecule has 0 spiro atoms. The molecule has 5 rings (SSSR count). The number of carbonyl (C=O) groups is 2. The molecule has 3 heterocycles. The topological polar surface area (TPSA) is 54.3 Å². The number of aryl methyl sites for hydroxylation is 2. The first-order valence-electron chi connectivity index (χ1n) is 11.6. The third-order valence-electron chi connectivity index (χ3n) is 7.43. The van der Waals surface area contributed by atoms with E-state index in [-0.39, 0.29) is 17.9 Å². The lowest BCUT2D eigenvalue weighted by molar-refractivity contribution is -0.127. The fourth-order valence-corrected chi connectivity index (χ4v) is 6.23. The van der Waals surface area contributed by atoms with Crippen LogP contribution in [0, 0.1) is 19.8 Å². The van der Waals surface area contributed by atoms with Crippen LogP contribution in [0.2, 0.25) is 0 Å². The molecule has 5 nitrogen and oxygen atoms in total. The van der Waals surface area contributed by atoms with Crippen molar-refractivity contribution >= 4 is 39.1 Å². The van der Waals surface area contributed by atoms with E-state index >= 15 is 0 Å². The van der Waals surface area contributed by atoms with Gasteiger partial charge in [-0.3, -0.25) is 14.5 Å².